The number of primary amides is 1. The van der Waals surface area contributed by atoms with E-state index in [1.54, 1.807) is 19.1 Å². The summed E-state index contributed by atoms with van der Waals surface area (Å²) in [5.41, 5.74) is 12.3. The van der Waals surface area contributed by atoms with Crippen molar-refractivity contribution >= 4 is 15.9 Å². The first kappa shape index (κ1) is 15.9. The van der Waals surface area contributed by atoms with Gasteiger partial charge >= 0.3 is 0 Å². The second-order valence-corrected chi connectivity index (χ2v) is 6.77. The number of hydrogen-bond donors (Lipinski definition) is 2. The molecule has 1 unspecified atom stereocenters. The van der Waals surface area contributed by atoms with Crippen LogP contribution < -0.4 is 11.5 Å². The fourth-order valence-electron chi connectivity index (χ4n) is 2.35. The molecule has 0 radical (unpaired) electrons. The molecule has 0 saturated carbocycles. The molecule has 1 amide bonds. The van der Waals surface area contributed by atoms with E-state index in [1.165, 1.54) is 6.07 Å². The molecule has 1 saturated heterocycles. The zero-order valence-electron chi connectivity index (χ0n) is 11.8. The van der Waals surface area contributed by atoms with E-state index in [-0.39, 0.29) is 24.7 Å². The number of carbonyl (C=O) groups is 1. The standard InChI is InChI=1S/C13H19N3O4S/c1-9-6-10(7-14)2-3-12(9)21(18,19)16-4-5-20-8-11(16)13(15)17/h2-3,6,11H,4-5,7-8,14H2,1H3,(H2,15,17). The Labute approximate surface area is 123 Å². The number of sulfonamides is 1. The second kappa shape index (κ2) is 6.10. The maximum atomic E-state index is 12.8. The highest BCUT2D eigenvalue weighted by Crippen LogP contribution is 2.24. The zero-order chi connectivity index (χ0) is 15.6. The molecule has 0 spiro atoms. The SMILES string of the molecule is Cc1cc(CN)ccc1S(=O)(=O)N1CCOCC1C(N)=O. The number of benzene rings is 1. The van der Waals surface area contributed by atoms with E-state index in [9.17, 15) is 13.2 Å². The van der Waals surface area contributed by atoms with Crippen LogP contribution in [0.3, 0.4) is 0 Å². The van der Waals surface area contributed by atoms with Gasteiger partial charge in [0.05, 0.1) is 18.1 Å². The van der Waals surface area contributed by atoms with Gasteiger partial charge in [-0.1, -0.05) is 12.1 Å². The van der Waals surface area contributed by atoms with Gasteiger partial charge in [-0.25, -0.2) is 8.42 Å². The Hall–Kier alpha value is -1.48. The topological polar surface area (TPSA) is 116 Å². The lowest BCUT2D eigenvalue weighted by atomic mass is 10.1. The second-order valence-electron chi connectivity index (χ2n) is 4.91. The monoisotopic (exact) mass is 313 g/mol. The third-order valence-electron chi connectivity index (χ3n) is 3.47. The maximum absolute atomic E-state index is 12.8. The molecular formula is C13H19N3O4S. The van der Waals surface area contributed by atoms with Crippen molar-refractivity contribution in [2.75, 3.05) is 19.8 Å². The van der Waals surface area contributed by atoms with Crippen molar-refractivity contribution < 1.29 is 17.9 Å². The van der Waals surface area contributed by atoms with Crippen molar-refractivity contribution in [3.8, 4) is 0 Å². The number of rotatable bonds is 4. The van der Waals surface area contributed by atoms with Gasteiger partial charge in [0.1, 0.15) is 6.04 Å². The molecule has 0 bridgehead atoms. The molecule has 1 aromatic rings. The molecule has 4 N–H and O–H groups in total. The lowest BCUT2D eigenvalue weighted by molar-refractivity contribution is -0.125. The van der Waals surface area contributed by atoms with Gasteiger partial charge in [-0.2, -0.15) is 4.31 Å². The highest BCUT2D eigenvalue weighted by Gasteiger charge is 2.37. The first-order valence-electron chi connectivity index (χ1n) is 6.56. The molecule has 1 aliphatic heterocycles. The predicted octanol–water partition coefficient (Wildman–Crippen LogP) is -0.671. The number of nitrogens with two attached hydrogens (primary N) is 2. The molecular weight excluding hydrogens is 294 g/mol. The van der Waals surface area contributed by atoms with Crippen molar-refractivity contribution in [2.45, 2.75) is 24.4 Å². The van der Waals surface area contributed by atoms with E-state index >= 15 is 0 Å². The Morgan fingerprint density at radius 2 is 2.19 bits per heavy atom. The molecule has 7 nitrogen and oxygen atoms in total. The van der Waals surface area contributed by atoms with E-state index in [2.05, 4.69) is 0 Å². The van der Waals surface area contributed by atoms with Gasteiger partial charge in [0.25, 0.3) is 0 Å². The van der Waals surface area contributed by atoms with Crippen LogP contribution in [0.5, 0.6) is 0 Å². The molecule has 21 heavy (non-hydrogen) atoms. The summed E-state index contributed by atoms with van der Waals surface area (Å²) in [4.78, 5) is 11.6. The summed E-state index contributed by atoms with van der Waals surface area (Å²) < 4.78 is 31.8. The lowest BCUT2D eigenvalue weighted by Gasteiger charge is -2.32. The Morgan fingerprint density at radius 3 is 2.76 bits per heavy atom. The number of morpholine rings is 1. The molecule has 116 valence electrons. The van der Waals surface area contributed by atoms with Crippen molar-refractivity contribution in [2.24, 2.45) is 11.5 Å². The van der Waals surface area contributed by atoms with Crippen LogP contribution in [0.4, 0.5) is 0 Å². The number of carbonyl (C=O) groups excluding carboxylic acids is 1. The summed E-state index contributed by atoms with van der Waals surface area (Å²) in [6.07, 6.45) is 0. The minimum Gasteiger partial charge on any atom is -0.378 e. The summed E-state index contributed by atoms with van der Waals surface area (Å²) >= 11 is 0. The van der Waals surface area contributed by atoms with E-state index in [4.69, 9.17) is 16.2 Å². The molecule has 1 aromatic carbocycles. The molecule has 1 atom stereocenters. The van der Waals surface area contributed by atoms with Crippen LogP contribution in [0.2, 0.25) is 0 Å². The minimum atomic E-state index is -3.80. The van der Waals surface area contributed by atoms with Crippen molar-refractivity contribution in [3.63, 3.8) is 0 Å². The van der Waals surface area contributed by atoms with Gasteiger partial charge in [0.2, 0.25) is 15.9 Å². The Bertz CT molecular complexity index is 645. The summed E-state index contributed by atoms with van der Waals surface area (Å²) in [5, 5.41) is 0. The number of amides is 1. The molecule has 1 aliphatic rings. The summed E-state index contributed by atoms with van der Waals surface area (Å²) in [7, 11) is -3.80. The number of aryl methyl sites for hydroxylation is 1. The van der Waals surface area contributed by atoms with E-state index in [0.717, 1.165) is 9.87 Å². The van der Waals surface area contributed by atoms with Gasteiger partial charge < -0.3 is 16.2 Å². The normalized spacial score (nSPS) is 20.4. The number of nitrogens with zero attached hydrogens (tertiary/aromatic N) is 1. The molecule has 1 heterocycles. The van der Waals surface area contributed by atoms with Crippen LogP contribution in [-0.2, 0) is 26.1 Å². The number of ether oxygens (including phenoxy) is 1. The van der Waals surface area contributed by atoms with E-state index in [0.29, 0.717) is 12.1 Å². The van der Waals surface area contributed by atoms with Gasteiger partial charge in [-0.15, -0.1) is 0 Å². The highest BCUT2D eigenvalue weighted by atomic mass is 32.2. The Balaban J connectivity index is 2.43. The van der Waals surface area contributed by atoms with Gasteiger partial charge in [-0.05, 0) is 24.1 Å². The third kappa shape index (κ3) is 3.08. The van der Waals surface area contributed by atoms with Crippen molar-refractivity contribution in [1.29, 1.82) is 0 Å². The molecule has 8 heteroatoms. The highest BCUT2D eigenvalue weighted by molar-refractivity contribution is 7.89. The first-order valence-corrected chi connectivity index (χ1v) is 8.00. The molecule has 2 rings (SSSR count). The summed E-state index contributed by atoms with van der Waals surface area (Å²) in [6.45, 7) is 2.36. The van der Waals surface area contributed by atoms with Gasteiger partial charge in [-0.3, -0.25) is 4.79 Å². The van der Waals surface area contributed by atoms with Crippen molar-refractivity contribution in [1.82, 2.24) is 4.31 Å². The quantitative estimate of drug-likeness (QED) is 0.764. The zero-order valence-corrected chi connectivity index (χ0v) is 12.6. The fourth-order valence-corrected chi connectivity index (χ4v) is 4.13. The third-order valence-corrected chi connectivity index (χ3v) is 5.54. The van der Waals surface area contributed by atoms with Gasteiger partial charge in [0, 0.05) is 13.1 Å². The predicted molar refractivity (Wildman–Crippen MR) is 76.8 cm³/mol. The maximum Gasteiger partial charge on any atom is 0.244 e. The summed E-state index contributed by atoms with van der Waals surface area (Å²) in [6, 6.07) is 3.93. The van der Waals surface area contributed by atoms with Crippen LogP contribution in [-0.4, -0.2) is 44.4 Å². The van der Waals surface area contributed by atoms with Crippen molar-refractivity contribution in [3.05, 3.63) is 29.3 Å². The smallest absolute Gasteiger partial charge is 0.244 e. The fraction of sp³-hybridized carbons (Fsp3) is 0.462. The average molecular weight is 313 g/mol. The van der Waals surface area contributed by atoms with E-state index in [1.807, 2.05) is 0 Å². The van der Waals surface area contributed by atoms with Crippen LogP contribution >= 0.6 is 0 Å². The van der Waals surface area contributed by atoms with Crippen LogP contribution in [0.15, 0.2) is 23.1 Å². The average Bonchev–Trinajstić information content (AvgIpc) is 2.46. The summed E-state index contributed by atoms with van der Waals surface area (Å²) in [5.74, 6) is -0.713. The van der Waals surface area contributed by atoms with E-state index < -0.39 is 22.0 Å². The molecule has 0 aromatic heterocycles. The van der Waals surface area contributed by atoms with Crippen LogP contribution in [0, 0.1) is 6.92 Å². The molecule has 0 aliphatic carbocycles. The Kier molecular flexibility index (Phi) is 4.62. The molecule has 1 fully saturated rings. The Morgan fingerprint density at radius 1 is 1.48 bits per heavy atom. The van der Waals surface area contributed by atoms with Crippen LogP contribution in [0.1, 0.15) is 11.1 Å². The van der Waals surface area contributed by atoms with Gasteiger partial charge in [0.15, 0.2) is 0 Å². The lowest BCUT2D eigenvalue weighted by Crippen LogP contribution is -2.54. The largest absolute Gasteiger partial charge is 0.378 e. The number of hydrogen-bond acceptors (Lipinski definition) is 5. The van der Waals surface area contributed by atoms with Crippen LogP contribution in [0.25, 0.3) is 0 Å². The minimum absolute atomic E-state index is 0.0194. The first-order chi connectivity index (χ1) is 9.87.